The number of rotatable bonds is 6. The first-order valence-electron chi connectivity index (χ1n) is 8.12. The molecule has 1 aromatic carbocycles. The summed E-state index contributed by atoms with van der Waals surface area (Å²) < 4.78 is 11.6. The number of nitrogens with one attached hydrogen (secondary N) is 1. The number of nitrogens with zero attached hydrogens (tertiary/aromatic N) is 2. The van der Waals surface area contributed by atoms with Crippen LogP contribution < -0.4 is 20.7 Å². The van der Waals surface area contributed by atoms with Crippen LogP contribution in [0.4, 0.5) is 5.69 Å². The molecule has 0 saturated heterocycles. The van der Waals surface area contributed by atoms with Gasteiger partial charge in [0, 0.05) is 0 Å². The Morgan fingerprint density at radius 3 is 2.48 bits per heavy atom. The van der Waals surface area contributed by atoms with Gasteiger partial charge in [-0.15, -0.1) is 4.91 Å². The zero-order valence-electron chi connectivity index (χ0n) is 13.9. The van der Waals surface area contributed by atoms with Crippen LogP contribution in [-0.2, 0) is 6.54 Å². The second kappa shape index (κ2) is 7.33. The van der Waals surface area contributed by atoms with Crippen molar-refractivity contribution in [3.05, 3.63) is 55.6 Å². The number of nitroso groups, excluding NO2 is 1. The number of aromatic amines is 1. The zero-order chi connectivity index (χ0) is 17.8. The van der Waals surface area contributed by atoms with Crippen molar-refractivity contribution < 1.29 is 9.47 Å². The van der Waals surface area contributed by atoms with Gasteiger partial charge in [0.05, 0.1) is 13.7 Å². The van der Waals surface area contributed by atoms with Crippen molar-refractivity contribution in [2.45, 2.75) is 38.3 Å². The van der Waals surface area contributed by atoms with Crippen LogP contribution in [0.25, 0.3) is 0 Å². The van der Waals surface area contributed by atoms with E-state index >= 15 is 0 Å². The van der Waals surface area contributed by atoms with Crippen LogP contribution in [0.2, 0.25) is 0 Å². The molecule has 0 radical (unpaired) electrons. The second-order valence-electron chi connectivity index (χ2n) is 5.96. The van der Waals surface area contributed by atoms with Gasteiger partial charge in [0.1, 0.15) is 11.9 Å². The van der Waals surface area contributed by atoms with Gasteiger partial charge in [-0.05, 0) is 48.6 Å². The summed E-state index contributed by atoms with van der Waals surface area (Å²) in [7, 11) is 1.55. The van der Waals surface area contributed by atoms with E-state index in [1.165, 1.54) is 0 Å². The number of aromatic nitrogens is 2. The van der Waals surface area contributed by atoms with E-state index in [1.54, 1.807) is 31.4 Å². The van der Waals surface area contributed by atoms with Gasteiger partial charge in [-0.3, -0.25) is 14.3 Å². The summed E-state index contributed by atoms with van der Waals surface area (Å²) in [4.78, 5) is 38.4. The van der Waals surface area contributed by atoms with Crippen LogP contribution >= 0.6 is 0 Å². The maximum Gasteiger partial charge on any atom is 0.331 e. The lowest BCUT2D eigenvalue weighted by Gasteiger charge is -2.14. The molecule has 1 fully saturated rings. The molecule has 1 saturated carbocycles. The van der Waals surface area contributed by atoms with Crippen molar-refractivity contribution in [3.8, 4) is 11.6 Å². The third kappa shape index (κ3) is 3.62. The predicted octanol–water partition coefficient (Wildman–Crippen LogP) is 2.31. The van der Waals surface area contributed by atoms with Crippen LogP contribution in [0.1, 0.15) is 31.2 Å². The summed E-state index contributed by atoms with van der Waals surface area (Å²) in [6.45, 7) is 0.0182. The number of H-pyrrole nitrogens is 1. The first-order valence-corrected chi connectivity index (χ1v) is 8.12. The molecule has 0 aliphatic heterocycles. The van der Waals surface area contributed by atoms with E-state index in [2.05, 4.69) is 10.2 Å². The Balaban J connectivity index is 1.92. The normalized spacial score (nSPS) is 14.4. The molecule has 0 atom stereocenters. The molecule has 3 rings (SSSR count). The lowest BCUT2D eigenvalue weighted by Crippen LogP contribution is -2.36. The number of hydrogen-bond donors (Lipinski definition) is 1. The Morgan fingerprint density at radius 2 is 1.88 bits per heavy atom. The Hall–Kier alpha value is -2.90. The highest BCUT2D eigenvalue weighted by molar-refractivity contribution is 5.44. The first-order chi connectivity index (χ1) is 12.1. The van der Waals surface area contributed by atoms with Crippen molar-refractivity contribution in [2.75, 3.05) is 7.11 Å². The highest BCUT2D eigenvalue weighted by Gasteiger charge is 2.22. The Bertz CT molecular complexity index is 863. The molecule has 0 bridgehead atoms. The molecule has 2 aromatic rings. The molecule has 0 unspecified atom stereocenters. The fourth-order valence-corrected chi connectivity index (χ4v) is 2.94. The van der Waals surface area contributed by atoms with E-state index < -0.39 is 16.9 Å². The second-order valence-corrected chi connectivity index (χ2v) is 5.96. The van der Waals surface area contributed by atoms with Gasteiger partial charge < -0.3 is 9.47 Å². The summed E-state index contributed by atoms with van der Waals surface area (Å²) in [5, 5.41) is 2.78. The third-order valence-corrected chi connectivity index (χ3v) is 4.31. The topological polar surface area (TPSA) is 103 Å². The summed E-state index contributed by atoms with van der Waals surface area (Å²) >= 11 is 0. The standard InChI is InChI=1S/C17H19N3O5/c1-24-12-8-6-11(7-9-12)10-20-16(21)14(19-23)15(18-17(20)22)25-13-4-2-3-5-13/h6-9,13H,2-5,10H2,1H3,(H,18,22). The van der Waals surface area contributed by atoms with Crippen LogP contribution in [0, 0.1) is 4.91 Å². The van der Waals surface area contributed by atoms with E-state index in [0.717, 1.165) is 35.8 Å². The average Bonchev–Trinajstić information content (AvgIpc) is 3.12. The maximum absolute atomic E-state index is 12.5. The summed E-state index contributed by atoms with van der Waals surface area (Å²) in [6.07, 6.45) is 3.60. The van der Waals surface area contributed by atoms with Crippen molar-refractivity contribution in [1.29, 1.82) is 0 Å². The summed E-state index contributed by atoms with van der Waals surface area (Å²) in [5.74, 6) is 0.531. The smallest absolute Gasteiger partial charge is 0.331 e. The van der Waals surface area contributed by atoms with Crippen molar-refractivity contribution in [3.63, 3.8) is 0 Å². The Morgan fingerprint density at radius 1 is 1.20 bits per heavy atom. The van der Waals surface area contributed by atoms with E-state index in [0.29, 0.717) is 5.75 Å². The van der Waals surface area contributed by atoms with Gasteiger partial charge in [-0.2, -0.15) is 0 Å². The van der Waals surface area contributed by atoms with E-state index in [9.17, 15) is 14.5 Å². The number of ether oxygens (including phenoxy) is 2. The minimum Gasteiger partial charge on any atom is -0.497 e. The van der Waals surface area contributed by atoms with Gasteiger partial charge in [0.2, 0.25) is 11.6 Å². The van der Waals surface area contributed by atoms with Gasteiger partial charge in [0.15, 0.2) is 0 Å². The van der Waals surface area contributed by atoms with Crippen molar-refractivity contribution in [1.82, 2.24) is 9.55 Å². The molecular formula is C17H19N3O5. The van der Waals surface area contributed by atoms with E-state index in [-0.39, 0.29) is 18.5 Å². The molecule has 25 heavy (non-hydrogen) atoms. The Labute approximate surface area is 143 Å². The van der Waals surface area contributed by atoms with E-state index in [1.807, 2.05) is 0 Å². The molecular weight excluding hydrogens is 326 g/mol. The lowest BCUT2D eigenvalue weighted by atomic mass is 10.2. The number of hydrogen-bond acceptors (Lipinski definition) is 6. The zero-order valence-corrected chi connectivity index (χ0v) is 13.9. The summed E-state index contributed by atoms with van der Waals surface area (Å²) in [6, 6.07) is 6.93. The molecule has 8 nitrogen and oxygen atoms in total. The van der Waals surface area contributed by atoms with E-state index in [4.69, 9.17) is 9.47 Å². The average molecular weight is 345 g/mol. The van der Waals surface area contributed by atoms with Gasteiger partial charge in [-0.1, -0.05) is 12.1 Å². The molecule has 1 aliphatic rings. The Kier molecular flexibility index (Phi) is 4.97. The van der Waals surface area contributed by atoms with Crippen LogP contribution in [0.5, 0.6) is 11.6 Å². The SMILES string of the molecule is COc1ccc(Cn2c(=O)[nH]c(OC3CCCC3)c(N=O)c2=O)cc1. The van der Waals surface area contributed by atoms with Crippen LogP contribution in [0.3, 0.4) is 0 Å². The molecule has 132 valence electrons. The van der Waals surface area contributed by atoms with Crippen molar-refractivity contribution >= 4 is 5.69 Å². The van der Waals surface area contributed by atoms with Gasteiger partial charge >= 0.3 is 5.69 Å². The van der Waals surface area contributed by atoms with Gasteiger partial charge in [0.25, 0.3) is 5.56 Å². The minimum absolute atomic E-state index is 0.0182. The molecule has 1 aromatic heterocycles. The van der Waals surface area contributed by atoms with Crippen LogP contribution in [0.15, 0.2) is 39.0 Å². The minimum atomic E-state index is -0.762. The molecule has 0 spiro atoms. The fourth-order valence-electron chi connectivity index (χ4n) is 2.94. The quantitative estimate of drug-likeness (QED) is 0.809. The molecule has 1 heterocycles. The first kappa shape index (κ1) is 16.9. The number of methoxy groups -OCH3 is 1. The fraction of sp³-hybridized carbons (Fsp3) is 0.412. The molecule has 0 amide bonds. The third-order valence-electron chi connectivity index (χ3n) is 4.31. The molecule has 8 heteroatoms. The molecule has 1 aliphatic carbocycles. The van der Waals surface area contributed by atoms with Crippen molar-refractivity contribution in [2.24, 2.45) is 5.18 Å². The van der Waals surface area contributed by atoms with Crippen LogP contribution in [-0.4, -0.2) is 22.8 Å². The van der Waals surface area contributed by atoms with Gasteiger partial charge in [-0.25, -0.2) is 4.79 Å². The monoisotopic (exact) mass is 345 g/mol. The summed E-state index contributed by atoms with van der Waals surface area (Å²) in [5.41, 5.74) is -1.08. The number of benzene rings is 1. The largest absolute Gasteiger partial charge is 0.497 e. The maximum atomic E-state index is 12.5. The predicted molar refractivity (Wildman–Crippen MR) is 91.8 cm³/mol. The molecule has 1 N–H and O–H groups in total. The highest BCUT2D eigenvalue weighted by Crippen LogP contribution is 2.26. The highest BCUT2D eigenvalue weighted by atomic mass is 16.5. The lowest BCUT2D eigenvalue weighted by molar-refractivity contribution is 0.200.